The summed E-state index contributed by atoms with van der Waals surface area (Å²) in [6.45, 7) is 5.75. The van der Waals surface area contributed by atoms with Crippen molar-refractivity contribution in [1.29, 1.82) is 0 Å². The molecule has 0 spiro atoms. The summed E-state index contributed by atoms with van der Waals surface area (Å²) in [4.78, 5) is 13.4. The molecule has 0 saturated carbocycles. The Hall–Kier alpha value is -2.70. The Morgan fingerprint density at radius 3 is 2.64 bits per heavy atom. The second kappa shape index (κ2) is 8.58. The van der Waals surface area contributed by atoms with Crippen molar-refractivity contribution in [2.24, 2.45) is 0 Å². The van der Waals surface area contributed by atoms with E-state index in [1.54, 1.807) is 6.07 Å². The Bertz CT molecular complexity index is 1290. The van der Waals surface area contributed by atoms with Gasteiger partial charge in [-0.25, -0.2) is 23.7 Å². The highest BCUT2D eigenvalue weighted by molar-refractivity contribution is 7.90. The minimum absolute atomic E-state index is 0.0398. The van der Waals surface area contributed by atoms with Gasteiger partial charge in [-0.15, -0.1) is 11.3 Å². The molecule has 0 unspecified atom stereocenters. The van der Waals surface area contributed by atoms with Gasteiger partial charge >= 0.3 is 10.2 Å². The van der Waals surface area contributed by atoms with Crippen LogP contribution in [0.5, 0.6) is 0 Å². The first-order valence-electron chi connectivity index (χ1n) is 10.3. The zero-order valence-electron chi connectivity index (χ0n) is 18.3. The summed E-state index contributed by atoms with van der Waals surface area (Å²) >= 11 is 1.36. The molecule has 1 aliphatic rings. The zero-order valence-corrected chi connectivity index (χ0v) is 20.0. The first kappa shape index (κ1) is 23.5. The lowest BCUT2D eigenvalue weighted by atomic mass is 9.98. The number of nitrogens with one attached hydrogen (secondary N) is 1. The molecule has 3 N–H and O–H groups in total. The van der Waals surface area contributed by atoms with Crippen LogP contribution in [0.2, 0.25) is 0 Å². The van der Waals surface area contributed by atoms with Crippen LogP contribution in [0.1, 0.15) is 32.2 Å². The largest absolute Gasteiger partial charge is 0.368 e. The van der Waals surface area contributed by atoms with Crippen LogP contribution in [0.25, 0.3) is 21.8 Å². The topological polar surface area (TPSA) is 114 Å². The van der Waals surface area contributed by atoms with Crippen molar-refractivity contribution < 1.29 is 17.2 Å². The van der Waals surface area contributed by atoms with Gasteiger partial charge in [0.2, 0.25) is 5.95 Å². The Morgan fingerprint density at radius 1 is 1.24 bits per heavy atom. The lowest BCUT2D eigenvalue weighted by molar-refractivity contribution is 0.343. The van der Waals surface area contributed by atoms with Gasteiger partial charge in [-0.2, -0.15) is 12.7 Å². The van der Waals surface area contributed by atoms with Crippen molar-refractivity contribution in [2.45, 2.75) is 38.8 Å². The Morgan fingerprint density at radius 2 is 2.00 bits per heavy atom. The van der Waals surface area contributed by atoms with E-state index >= 15 is 4.39 Å². The smallest absolute Gasteiger partial charge is 0.301 e. The van der Waals surface area contributed by atoms with Gasteiger partial charge in [-0.3, -0.25) is 4.72 Å². The van der Waals surface area contributed by atoms with E-state index in [-0.39, 0.29) is 42.1 Å². The molecule has 2 aromatic heterocycles. The molecular weight excluding hydrogens is 470 g/mol. The van der Waals surface area contributed by atoms with Crippen LogP contribution in [0.15, 0.2) is 30.5 Å². The van der Waals surface area contributed by atoms with E-state index in [1.165, 1.54) is 35.7 Å². The molecule has 12 heteroatoms. The molecule has 0 aliphatic carbocycles. The summed E-state index contributed by atoms with van der Waals surface area (Å²) in [7, 11) is -4.10. The van der Waals surface area contributed by atoms with E-state index in [2.05, 4.69) is 19.7 Å². The highest BCUT2D eigenvalue weighted by atomic mass is 32.2. The van der Waals surface area contributed by atoms with Crippen LogP contribution in [0.3, 0.4) is 0 Å². The van der Waals surface area contributed by atoms with Crippen LogP contribution >= 0.6 is 11.3 Å². The first-order chi connectivity index (χ1) is 15.5. The summed E-state index contributed by atoms with van der Waals surface area (Å²) in [6.07, 6.45) is 0.391. The number of aromatic nitrogens is 3. The number of halogens is 2. The number of nitrogen functional groups attached to an aromatic ring is 1. The van der Waals surface area contributed by atoms with E-state index in [9.17, 15) is 12.8 Å². The fourth-order valence-corrected chi connectivity index (χ4v) is 5.78. The van der Waals surface area contributed by atoms with Gasteiger partial charge < -0.3 is 5.73 Å². The number of hydrogen-bond donors (Lipinski definition) is 2. The van der Waals surface area contributed by atoms with E-state index in [1.807, 2.05) is 20.8 Å². The molecule has 1 aliphatic heterocycles. The maximum atomic E-state index is 15.6. The van der Waals surface area contributed by atoms with Gasteiger partial charge in [0.25, 0.3) is 0 Å². The van der Waals surface area contributed by atoms with Crippen molar-refractivity contribution in [3.8, 4) is 21.8 Å². The van der Waals surface area contributed by atoms with Gasteiger partial charge in [-0.05, 0) is 24.6 Å². The summed E-state index contributed by atoms with van der Waals surface area (Å²) < 4.78 is 57.6. The number of hydrogen-bond acceptors (Lipinski definition) is 7. The summed E-state index contributed by atoms with van der Waals surface area (Å²) in [5.74, 6) is -0.714. The lowest BCUT2D eigenvalue weighted by Crippen LogP contribution is -2.34. The van der Waals surface area contributed by atoms with Crippen molar-refractivity contribution in [3.63, 3.8) is 0 Å². The zero-order chi connectivity index (χ0) is 24.0. The third-order valence-corrected chi connectivity index (χ3v) is 8.09. The van der Waals surface area contributed by atoms with Gasteiger partial charge in [-0.1, -0.05) is 26.8 Å². The van der Waals surface area contributed by atoms with Crippen LogP contribution < -0.4 is 10.5 Å². The normalized spacial score (nSPS) is 17.4. The molecule has 0 bridgehead atoms. The molecule has 4 rings (SSSR count). The van der Waals surface area contributed by atoms with Crippen LogP contribution in [0.4, 0.5) is 20.4 Å². The van der Waals surface area contributed by atoms with Crippen LogP contribution in [-0.2, 0) is 15.6 Å². The number of benzene rings is 1. The summed E-state index contributed by atoms with van der Waals surface area (Å²) in [6, 6.07) is 6.03. The number of anilines is 2. The highest BCUT2D eigenvalue weighted by Crippen LogP contribution is 2.41. The van der Waals surface area contributed by atoms with E-state index in [4.69, 9.17) is 5.73 Å². The SMILES string of the molecule is CC(C)(C)c1nc(-c2cccc(NS(=O)(=O)N3CC[C@@H](F)C3)c2F)c(-c2ccnc(N)n2)s1. The molecule has 0 radical (unpaired) electrons. The maximum absolute atomic E-state index is 15.6. The van der Waals surface area contributed by atoms with E-state index in [0.717, 1.165) is 9.31 Å². The molecule has 0 amide bonds. The fraction of sp³-hybridized carbons (Fsp3) is 0.381. The monoisotopic (exact) mass is 494 g/mol. The van der Waals surface area contributed by atoms with Gasteiger partial charge in [0.15, 0.2) is 5.82 Å². The minimum atomic E-state index is -4.10. The standard InChI is InChI=1S/C21H24F2N6O2S2/c1-21(2,3)19-27-17(18(32-19)15-7-9-25-20(24)26-15)13-5-4-6-14(16(13)23)28-33(30,31)29-10-8-12(22)11-29/h4-7,9,12,28H,8,10-11H2,1-3H3,(H2,24,25,26)/t12-/m1/s1. The maximum Gasteiger partial charge on any atom is 0.301 e. The van der Waals surface area contributed by atoms with E-state index in [0.29, 0.717) is 16.3 Å². The van der Waals surface area contributed by atoms with Gasteiger partial charge in [0.1, 0.15) is 6.17 Å². The van der Waals surface area contributed by atoms with Crippen LogP contribution in [-0.4, -0.2) is 46.9 Å². The van der Waals surface area contributed by atoms with Crippen molar-refractivity contribution in [2.75, 3.05) is 23.5 Å². The number of nitrogens with zero attached hydrogens (tertiary/aromatic N) is 4. The Balaban J connectivity index is 1.79. The molecule has 8 nitrogen and oxygen atoms in total. The molecule has 33 heavy (non-hydrogen) atoms. The quantitative estimate of drug-likeness (QED) is 0.554. The summed E-state index contributed by atoms with van der Waals surface area (Å²) in [5, 5.41) is 0.751. The average molecular weight is 495 g/mol. The predicted molar refractivity (Wildman–Crippen MR) is 125 cm³/mol. The fourth-order valence-electron chi connectivity index (χ4n) is 3.40. The Kier molecular flexibility index (Phi) is 6.10. The van der Waals surface area contributed by atoms with Crippen LogP contribution in [0, 0.1) is 5.82 Å². The third-order valence-electron chi connectivity index (χ3n) is 5.10. The predicted octanol–water partition coefficient (Wildman–Crippen LogP) is 3.99. The van der Waals surface area contributed by atoms with Crippen molar-refractivity contribution >= 4 is 33.2 Å². The van der Waals surface area contributed by atoms with Gasteiger partial charge in [0.05, 0.1) is 27.0 Å². The molecular formula is C21H24F2N6O2S2. The van der Waals surface area contributed by atoms with Crippen molar-refractivity contribution in [1.82, 2.24) is 19.3 Å². The number of thiazole rings is 1. The Labute approximate surface area is 195 Å². The second-order valence-corrected chi connectivity index (χ2v) is 11.4. The highest BCUT2D eigenvalue weighted by Gasteiger charge is 2.32. The second-order valence-electron chi connectivity index (χ2n) is 8.77. The van der Waals surface area contributed by atoms with Crippen molar-refractivity contribution in [3.05, 3.63) is 41.3 Å². The summed E-state index contributed by atoms with van der Waals surface area (Å²) in [5.41, 5.74) is 6.12. The number of alkyl halides is 1. The number of nitrogens with two attached hydrogens (primary N) is 1. The molecule has 3 heterocycles. The van der Waals surface area contributed by atoms with Gasteiger partial charge in [0, 0.05) is 30.3 Å². The molecule has 1 aromatic carbocycles. The first-order valence-corrected chi connectivity index (χ1v) is 12.5. The molecule has 176 valence electrons. The van der Waals surface area contributed by atoms with E-state index < -0.39 is 22.2 Å². The molecule has 1 fully saturated rings. The lowest BCUT2D eigenvalue weighted by Gasteiger charge is -2.18. The molecule has 3 aromatic rings. The number of rotatable bonds is 5. The average Bonchev–Trinajstić information content (AvgIpc) is 3.36. The molecule has 1 saturated heterocycles. The minimum Gasteiger partial charge on any atom is -0.368 e. The third kappa shape index (κ3) is 4.82. The molecule has 1 atom stereocenters.